The van der Waals surface area contributed by atoms with Gasteiger partial charge in [-0.15, -0.1) is 0 Å². The zero-order valence-corrected chi connectivity index (χ0v) is 15.1. The summed E-state index contributed by atoms with van der Waals surface area (Å²) in [5, 5.41) is 6.53. The van der Waals surface area contributed by atoms with E-state index in [0.717, 1.165) is 24.6 Å². The Morgan fingerprint density at radius 1 is 1.15 bits per heavy atom. The summed E-state index contributed by atoms with van der Waals surface area (Å²) in [7, 11) is 1.74. The van der Waals surface area contributed by atoms with Gasteiger partial charge in [-0.1, -0.05) is 0 Å². The maximum Gasteiger partial charge on any atom is 0.219 e. The van der Waals surface area contributed by atoms with Gasteiger partial charge in [-0.3, -0.25) is 4.99 Å². The highest BCUT2D eigenvalue weighted by atomic mass is 19.1. The summed E-state index contributed by atoms with van der Waals surface area (Å²) < 4.78 is 20.7. The number of ether oxygens (including phenoxy) is 1. The molecule has 27 heavy (non-hydrogen) atoms. The molecular weight excluding hydrogens is 345 g/mol. The first kappa shape index (κ1) is 18.4. The van der Waals surface area contributed by atoms with Gasteiger partial charge in [-0.25, -0.2) is 9.37 Å². The van der Waals surface area contributed by atoms with Crippen LogP contribution in [0, 0.1) is 5.82 Å². The van der Waals surface area contributed by atoms with Crippen molar-refractivity contribution in [2.45, 2.75) is 13.1 Å². The molecule has 7 heteroatoms. The Bertz CT molecular complexity index is 862. The second kappa shape index (κ2) is 9.38. The number of benzene rings is 1. The number of nitrogens with one attached hydrogen (secondary N) is 2. The van der Waals surface area contributed by atoms with Crippen LogP contribution in [0.4, 0.5) is 4.39 Å². The Kier molecular flexibility index (Phi) is 6.40. The van der Waals surface area contributed by atoms with Gasteiger partial charge in [0.15, 0.2) is 5.96 Å². The molecule has 6 nitrogen and oxygen atoms in total. The molecule has 2 N–H and O–H groups in total. The van der Waals surface area contributed by atoms with E-state index in [1.165, 1.54) is 12.1 Å². The standard InChI is InChI=1S/C20H22FN5O/c1-22-20(24-10-13-26-11-2-3-12-26)25-15-16-8-9-23-19(14-16)27-18-6-4-17(21)5-7-18/h2-9,11-12,14H,10,13,15H2,1H3,(H2,22,24,25). The number of hydrogen-bond acceptors (Lipinski definition) is 3. The molecule has 0 atom stereocenters. The van der Waals surface area contributed by atoms with E-state index in [1.54, 1.807) is 25.4 Å². The molecule has 0 aliphatic carbocycles. The zero-order valence-electron chi connectivity index (χ0n) is 15.1. The highest BCUT2D eigenvalue weighted by molar-refractivity contribution is 5.79. The van der Waals surface area contributed by atoms with Gasteiger partial charge in [0.25, 0.3) is 0 Å². The van der Waals surface area contributed by atoms with Gasteiger partial charge in [-0.05, 0) is 48.0 Å². The fraction of sp³-hybridized carbons (Fsp3) is 0.200. The van der Waals surface area contributed by atoms with Gasteiger partial charge >= 0.3 is 0 Å². The average Bonchev–Trinajstić information content (AvgIpc) is 3.20. The van der Waals surface area contributed by atoms with Gasteiger partial charge in [0, 0.05) is 51.3 Å². The minimum atomic E-state index is -0.302. The van der Waals surface area contributed by atoms with Crippen molar-refractivity contribution in [1.29, 1.82) is 0 Å². The minimum absolute atomic E-state index is 0.302. The number of pyridine rings is 1. The van der Waals surface area contributed by atoms with E-state index in [4.69, 9.17) is 4.74 Å². The zero-order chi connectivity index (χ0) is 18.9. The molecular formula is C20H22FN5O. The predicted molar refractivity (Wildman–Crippen MR) is 103 cm³/mol. The number of rotatable bonds is 7. The summed E-state index contributed by atoms with van der Waals surface area (Å²) in [5.41, 5.74) is 0.996. The van der Waals surface area contributed by atoms with Gasteiger partial charge in [0.2, 0.25) is 5.88 Å². The fourth-order valence-corrected chi connectivity index (χ4v) is 2.47. The van der Waals surface area contributed by atoms with Gasteiger partial charge < -0.3 is 19.9 Å². The number of halogens is 1. The molecule has 3 aromatic rings. The van der Waals surface area contributed by atoms with E-state index in [2.05, 4.69) is 25.2 Å². The first-order chi connectivity index (χ1) is 13.2. The molecule has 0 aliphatic heterocycles. The van der Waals surface area contributed by atoms with Crippen LogP contribution in [0.3, 0.4) is 0 Å². The Hall–Kier alpha value is -3.35. The largest absolute Gasteiger partial charge is 0.439 e. The molecule has 0 fully saturated rings. The number of guanidine groups is 1. The van der Waals surface area contributed by atoms with Crippen molar-refractivity contribution in [1.82, 2.24) is 20.2 Å². The summed E-state index contributed by atoms with van der Waals surface area (Å²) >= 11 is 0. The van der Waals surface area contributed by atoms with Crippen molar-refractivity contribution in [2.75, 3.05) is 13.6 Å². The van der Waals surface area contributed by atoms with Crippen molar-refractivity contribution in [3.05, 3.63) is 78.5 Å². The smallest absolute Gasteiger partial charge is 0.219 e. The van der Waals surface area contributed by atoms with Gasteiger partial charge in [-0.2, -0.15) is 0 Å². The van der Waals surface area contributed by atoms with E-state index in [9.17, 15) is 4.39 Å². The van der Waals surface area contributed by atoms with Crippen LogP contribution in [0.5, 0.6) is 11.6 Å². The average molecular weight is 367 g/mol. The highest BCUT2D eigenvalue weighted by Crippen LogP contribution is 2.20. The SMILES string of the molecule is CN=C(NCCn1cccc1)NCc1ccnc(Oc2ccc(F)cc2)c1. The Balaban J connectivity index is 1.50. The van der Waals surface area contributed by atoms with Crippen molar-refractivity contribution >= 4 is 5.96 Å². The Morgan fingerprint density at radius 3 is 2.67 bits per heavy atom. The normalized spacial score (nSPS) is 11.3. The van der Waals surface area contributed by atoms with E-state index in [-0.39, 0.29) is 5.82 Å². The molecule has 0 radical (unpaired) electrons. The van der Waals surface area contributed by atoms with E-state index >= 15 is 0 Å². The minimum Gasteiger partial charge on any atom is -0.439 e. The topological polar surface area (TPSA) is 63.5 Å². The molecule has 0 saturated heterocycles. The second-order valence-corrected chi connectivity index (χ2v) is 5.83. The number of hydrogen-bond donors (Lipinski definition) is 2. The molecule has 140 valence electrons. The predicted octanol–water partition coefficient (Wildman–Crippen LogP) is 3.18. The lowest BCUT2D eigenvalue weighted by Crippen LogP contribution is -2.38. The number of aromatic nitrogens is 2. The van der Waals surface area contributed by atoms with Crippen LogP contribution in [-0.2, 0) is 13.1 Å². The van der Waals surface area contributed by atoms with Crippen molar-refractivity contribution in [3.63, 3.8) is 0 Å². The molecule has 2 heterocycles. The van der Waals surface area contributed by atoms with Crippen LogP contribution >= 0.6 is 0 Å². The molecule has 3 rings (SSSR count). The quantitative estimate of drug-likeness (QED) is 0.497. The Labute approximate surface area is 157 Å². The van der Waals surface area contributed by atoms with Crippen LogP contribution in [0.1, 0.15) is 5.56 Å². The lowest BCUT2D eigenvalue weighted by molar-refractivity contribution is 0.460. The monoisotopic (exact) mass is 367 g/mol. The number of nitrogens with zero attached hydrogens (tertiary/aromatic N) is 3. The van der Waals surface area contributed by atoms with Crippen molar-refractivity contribution in [2.24, 2.45) is 4.99 Å². The summed E-state index contributed by atoms with van der Waals surface area (Å²) in [6, 6.07) is 13.6. The third-order valence-electron chi connectivity index (χ3n) is 3.85. The summed E-state index contributed by atoms with van der Waals surface area (Å²) in [4.78, 5) is 8.41. The van der Waals surface area contributed by atoms with E-state index in [1.807, 2.05) is 36.7 Å². The van der Waals surface area contributed by atoms with Crippen LogP contribution in [-0.4, -0.2) is 29.1 Å². The van der Waals surface area contributed by atoms with Crippen LogP contribution in [0.15, 0.2) is 72.1 Å². The fourth-order valence-electron chi connectivity index (χ4n) is 2.47. The molecule has 0 saturated carbocycles. The lowest BCUT2D eigenvalue weighted by Gasteiger charge is -2.13. The third-order valence-corrected chi connectivity index (χ3v) is 3.85. The molecule has 1 aromatic carbocycles. The molecule has 2 aromatic heterocycles. The molecule has 0 spiro atoms. The van der Waals surface area contributed by atoms with Gasteiger partial charge in [0.05, 0.1) is 0 Å². The number of aliphatic imine (C=N–C) groups is 1. The third kappa shape index (κ3) is 5.85. The van der Waals surface area contributed by atoms with Crippen LogP contribution < -0.4 is 15.4 Å². The van der Waals surface area contributed by atoms with E-state index in [0.29, 0.717) is 18.2 Å². The summed E-state index contributed by atoms with van der Waals surface area (Å²) in [5.74, 6) is 1.41. The lowest BCUT2D eigenvalue weighted by atomic mass is 10.2. The molecule has 0 bridgehead atoms. The maximum atomic E-state index is 13.0. The molecule has 0 aliphatic rings. The van der Waals surface area contributed by atoms with Crippen LogP contribution in [0.25, 0.3) is 0 Å². The first-order valence-electron chi connectivity index (χ1n) is 8.66. The Morgan fingerprint density at radius 2 is 1.93 bits per heavy atom. The summed E-state index contributed by atoms with van der Waals surface area (Å²) in [6.07, 6.45) is 5.73. The first-order valence-corrected chi connectivity index (χ1v) is 8.66. The van der Waals surface area contributed by atoms with Crippen molar-refractivity contribution < 1.29 is 9.13 Å². The second-order valence-electron chi connectivity index (χ2n) is 5.83. The molecule has 0 amide bonds. The highest BCUT2D eigenvalue weighted by Gasteiger charge is 2.03. The van der Waals surface area contributed by atoms with Gasteiger partial charge in [0.1, 0.15) is 11.6 Å². The summed E-state index contributed by atoms with van der Waals surface area (Å²) in [6.45, 7) is 2.20. The van der Waals surface area contributed by atoms with Crippen LogP contribution in [0.2, 0.25) is 0 Å². The maximum absolute atomic E-state index is 13.0. The van der Waals surface area contributed by atoms with E-state index < -0.39 is 0 Å². The molecule has 0 unspecified atom stereocenters. The van der Waals surface area contributed by atoms with Crippen molar-refractivity contribution in [3.8, 4) is 11.6 Å².